The third-order valence-corrected chi connectivity index (χ3v) is 5.16. The smallest absolute Gasteiger partial charge is 0.417 e. The topological polar surface area (TPSA) is 54.9 Å². The average molecular weight is 456 g/mol. The molecule has 1 fully saturated rings. The van der Waals surface area contributed by atoms with Crippen LogP contribution in [0.25, 0.3) is 6.08 Å². The largest absolute Gasteiger partial charge is 0.497 e. The lowest BCUT2D eigenvalue weighted by Gasteiger charge is -2.35. The molecule has 0 atom stereocenters. The van der Waals surface area contributed by atoms with Crippen molar-refractivity contribution in [1.82, 2.24) is 9.88 Å². The first-order valence-corrected chi connectivity index (χ1v) is 9.77. The van der Waals surface area contributed by atoms with Gasteiger partial charge in [0.25, 0.3) is 0 Å². The molecule has 1 amide bonds. The number of alkyl halides is 3. The molecule has 0 unspecified atom stereocenters. The number of hydrogen-bond acceptors (Lipinski definition) is 5. The number of nitrogens with zero attached hydrogens (tertiary/aromatic N) is 3. The van der Waals surface area contributed by atoms with Gasteiger partial charge < -0.3 is 19.3 Å². The van der Waals surface area contributed by atoms with Crippen LogP contribution in [0.2, 0.25) is 5.02 Å². The van der Waals surface area contributed by atoms with E-state index in [0.717, 1.165) is 17.8 Å². The number of methoxy groups -OCH3 is 2. The van der Waals surface area contributed by atoms with Gasteiger partial charge in [0.1, 0.15) is 17.3 Å². The van der Waals surface area contributed by atoms with Crippen molar-refractivity contribution in [3.8, 4) is 11.5 Å². The zero-order valence-electron chi connectivity index (χ0n) is 16.9. The van der Waals surface area contributed by atoms with Crippen LogP contribution in [0.15, 0.2) is 36.5 Å². The van der Waals surface area contributed by atoms with E-state index in [0.29, 0.717) is 37.7 Å². The summed E-state index contributed by atoms with van der Waals surface area (Å²) >= 11 is 6.02. The summed E-state index contributed by atoms with van der Waals surface area (Å²) in [6.45, 7) is 1.59. The average Bonchev–Trinajstić information content (AvgIpc) is 2.76. The summed E-state index contributed by atoms with van der Waals surface area (Å²) in [4.78, 5) is 19.8. The number of anilines is 1. The Hall–Kier alpha value is -2.94. The van der Waals surface area contributed by atoms with Crippen molar-refractivity contribution >= 4 is 29.4 Å². The molecule has 1 aromatic heterocycles. The Morgan fingerprint density at radius 1 is 1.13 bits per heavy atom. The van der Waals surface area contributed by atoms with E-state index in [2.05, 4.69) is 4.98 Å². The van der Waals surface area contributed by atoms with E-state index in [1.54, 1.807) is 41.2 Å². The SMILES string of the molecule is COc1ccc(/C=C/C(=O)N2CCN(c3ncc(C(F)(F)F)cc3Cl)CC2)c(OC)c1. The lowest BCUT2D eigenvalue weighted by atomic mass is 10.1. The summed E-state index contributed by atoms with van der Waals surface area (Å²) in [6.07, 6.45) is -0.604. The summed E-state index contributed by atoms with van der Waals surface area (Å²) in [7, 11) is 3.09. The van der Waals surface area contributed by atoms with Crippen molar-refractivity contribution in [2.45, 2.75) is 6.18 Å². The van der Waals surface area contributed by atoms with Gasteiger partial charge in [0.05, 0.1) is 24.8 Å². The fraction of sp³-hybridized carbons (Fsp3) is 0.333. The second-order valence-corrected chi connectivity index (χ2v) is 7.19. The Morgan fingerprint density at radius 3 is 2.42 bits per heavy atom. The van der Waals surface area contributed by atoms with Crippen LogP contribution in [0.1, 0.15) is 11.1 Å². The van der Waals surface area contributed by atoms with Crippen molar-refractivity contribution in [2.75, 3.05) is 45.3 Å². The van der Waals surface area contributed by atoms with Crippen molar-refractivity contribution in [3.63, 3.8) is 0 Å². The van der Waals surface area contributed by atoms with Crippen LogP contribution in [0.4, 0.5) is 19.0 Å². The number of benzene rings is 1. The molecule has 0 spiro atoms. The minimum absolute atomic E-state index is 0.0684. The molecule has 6 nitrogen and oxygen atoms in total. The van der Waals surface area contributed by atoms with Gasteiger partial charge in [-0.05, 0) is 24.3 Å². The number of pyridine rings is 1. The molecule has 1 aliphatic rings. The minimum atomic E-state index is -4.50. The molecule has 3 rings (SSSR count). The van der Waals surface area contributed by atoms with Gasteiger partial charge in [-0.25, -0.2) is 4.98 Å². The third-order valence-electron chi connectivity index (χ3n) is 4.89. The van der Waals surface area contributed by atoms with E-state index in [1.165, 1.54) is 13.2 Å². The Bertz CT molecular complexity index is 974. The number of ether oxygens (including phenoxy) is 2. The van der Waals surface area contributed by atoms with Gasteiger partial charge in [0.2, 0.25) is 5.91 Å². The summed E-state index contributed by atoms with van der Waals surface area (Å²) in [6, 6.07) is 6.15. The molecule has 166 valence electrons. The van der Waals surface area contributed by atoms with Crippen molar-refractivity contribution in [3.05, 3.63) is 52.7 Å². The number of hydrogen-bond donors (Lipinski definition) is 0. The second-order valence-electron chi connectivity index (χ2n) is 6.78. The maximum absolute atomic E-state index is 12.8. The fourth-order valence-corrected chi connectivity index (χ4v) is 3.47. The number of halogens is 4. The molecule has 0 aliphatic carbocycles. The number of aromatic nitrogens is 1. The number of rotatable bonds is 5. The summed E-state index contributed by atoms with van der Waals surface area (Å²) < 4.78 is 48.8. The van der Waals surface area contributed by atoms with Crippen LogP contribution in [0, 0.1) is 0 Å². The lowest BCUT2D eigenvalue weighted by Crippen LogP contribution is -2.48. The molecule has 1 aromatic carbocycles. The first-order chi connectivity index (χ1) is 14.7. The summed E-state index contributed by atoms with van der Waals surface area (Å²) in [5, 5.41) is -0.0684. The minimum Gasteiger partial charge on any atom is -0.497 e. The summed E-state index contributed by atoms with van der Waals surface area (Å²) in [5.41, 5.74) is -0.162. The maximum Gasteiger partial charge on any atom is 0.417 e. The number of carbonyl (C=O) groups excluding carboxylic acids is 1. The van der Waals surface area contributed by atoms with Crippen LogP contribution in [0.3, 0.4) is 0 Å². The van der Waals surface area contributed by atoms with Gasteiger partial charge in [0.15, 0.2) is 0 Å². The zero-order chi connectivity index (χ0) is 22.6. The van der Waals surface area contributed by atoms with E-state index in [-0.39, 0.29) is 16.7 Å². The molecule has 0 saturated carbocycles. The molecular formula is C21H21ClF3N3O3. The van der Waals surface area contributed by atoms with Gasteiger partial charge in [-0.15, -0.1) is 0 Å². The maximum atomic E-state index is 12.8. The van der Waals surface area contributed by atoms with Crippen LogP contribution in [0.5, 0.6) is 11.5 Å². The molecule has 1 saturated heterocycles. The lowest BCUT2D eigenvalue weighted by molar-refractivity contribution is -0.137. The molecule has 0 bridgehead atoms. The van der Waals surface area contributed by atoms with Gasteiger partial charge >= 0.3 is 6.18 Å². The molecule has 2 heterocycles. The molecule has 1 aliphatic heterocycles. The van der Waals surface area contributed by atoms with E-state index in [9.17, 15) is 18.0 Å². The van der Waals surface area contributed by atoms with Crippen molar-refractivity contribution in [1.29, 1.82) is 0 Å². The molecule has 0 N–H and O–H groups in total. The highest BCUT2D eigenvalue weighted by Crippen LogP contribution is 2.33. The molecule has 0 radical (unpaired) electrons. The number of amides is 1. The van der Waals surface area contributed by atoms with E-state index < -0.39 is 11.7 Å². The Labute approximate surface area is 182 Å². The first kappa shape index (κ1) is 22.7. The van der Waals surface area contributed by atoms with Gasteiger partial charge in [0, 0.05) is 50.1 Å². The highest BCUT2D eigenvalue weighted by Gasteiger charge is 2.32. The predicted molar refractivity (Wildman–Crippen MR) is 112 cm³/mol. The first-order valence-electron chi connectivity index (χ1n) is 9.39. The van der Waals surface area contributed by atoms with E-state index in [1.807, 2.05) is 0 Å². The van der Waals surface area contributed by atoms with Crippen LogP contribution in [-0.2, 0) is 11.0 Å². The summed E-state index contributed by atoms with van der Waals surface area (Å²) in [5.74, 6) is 1.33. The quantitative estimate of drug-likeness (QED) is 0.634. The van der Waals surface area contributed by atoms with E-state index in [4.69, 9.17) is 21.1 Å². The number of piperazine rings is 1. The molecule has 2 aromatic rings. The van der Waals surface area contributed by atoms with Gasteiger partial charge in [-0.3, -0.25) is 4.79 Å². The highest BCUT2D eigenvalue weighted by molar-refractivity contribution is 6.33. The van der Waals surface area contributed by atoms with E-state index >= 15 is 0 Å². The standard InChI is InChI=1S/C21H21ClF3N3O3/c1-30-16-5-3-14(18(12-16)31-2)4-6-19(29)27-7-9-28(10-8-27)20-17(22)11-15(13-26-20)21(23,24)25/h3-6,11-13H,7-10H2,1-2H3/b6-4+. The second kappa shape index (κ2) is 9.47. The number of carbonyl (C=O) groups is 1. The molecule has 10 heteroatoms. The monoisotopic (exact) mass is 455 g/mol. The fourth-order valence-electron chi connectivity index (χ4n) is 3.18. The normalized spacial score (nSPS) is 14.8. The Kier molecular flexibility index (Phi) is 6.94. The van der Waals surface area contributed by atoms with Gasteiger partial charge in [-0.1, -0.05) is 11.6 Å². The molecular weight excluding hydrogens is 435 g/mol. The van der Waals surface area contributed by atoms with Crippen LogP contribution in [-0.4, -0.2) is 56.2 Å². The van der Waals surface area contributed by atoms with Gasteiger partial charge in [-0.2, -0.15) is 13.2 Å². The Balaban J connectivity index is 1.62. The molecule has 31 heavy (non-hydrogen) atoms. The zero-order valence-corrected chi connectivity index (χ0v) is 17.7. The van der Waals surface area contributed by atoms with Crippen LogP contribution >= 0.6 is 11.6 Å². The predicted octanol–water partition coefficient (Wildman–Crippen LogP) is 4.13. The van der Waals surface area contributed by atoms with Crippen molar-refractivity contribution < 1.29 is 27.4 Å². The van der Waals surface area contributed by atoms with Crippen molar-refractivity contribution in [2.24, 2.45) is 0 Å². The third kappa shape index (κ3) is 5.41. The Morgan fingerprint density at radius 2 is 1.84 bits per heavy atom. The highest BCUT2D eigenvalue weighted by atomic mass is 35.5. The van der Waals surface area contributed by atoms with Crippen LogP contribution < -0.4 is 14.4 Å².